The molecule has 0 saturated heterocycles. The Kier molecular flexibility index (Phi) is 4.25. The van der Waals surface area contributed by atoms with Crippen LogP contribution in [0.5, 0.6) is 0 Å². The van der Waals surface area contributed by atoms with Gasteiger partial charge < -0.3 is 0 Å². The zero-order chi connectivity index (χ0) is 20.9. The van der Waals surface area contributed by atoms with Gasteiger partial charge in [0.05, 0.1) is 0 Å². The van der Waals surface area contributed by atoms with Gasteiger partial charge in [0.2, 0.25) is 0 Å². The van der Waals surface area contributed by atoms with Crippen molar-refractivity contribution in [1.29, 1.82) is 0 Å². The van der Waals surface area contributed by atoms with Gasteiger partial charge in [-0.2, -0.15) is 0 Å². The summed E-state index contributed by atoms with van der Waals surface area (Å²) >= 11 is 0. The normalized spacial score (nSPS) is 53.6. The molecular weight excluding hydrogens is 348 g/mol. The van der Waals surface area contributed by atoms with E-state index in [1.165, 1.54) is 64.2 Å². The first-order chi connectivity index (χ1) is 13.5. The third-order valence-electron chi connectivity index (χ3n) is 12.0. The van der Waals surface area contributed by atoms with E-state index in [0.29, 0.717) is 27.1 Å². The van der Waals surface area contributed by atoms with Crippen molar-refractivity contribution >= 4 is 0 Å². The molecule has 0 nitrogen and oxygen atoms in total. The molecule has 3 fully saturated rings. The molecule has 0 unspecified atom stereocenters. The number of allylic oxidation sites excluding steroid dienone is 4. The summed E-state index contributed by atoms with van der Waals surface area (Å²) in [6, 6.07) is 0. The lowest BCUT2D eigenvalue weighted by Crippen LogP contribution is -2.61. The maximum absolute atomic E-state index is 2.83. The number of fused-ring (bicyclic) bond motifs is 7. The van der Waals surface area contributed by atoms with Crippen LogP contribution in [0.4, 0.5) is 0 Å². The average molecular weight is 395 g/mol. The predicted molar refractivity (Wildman–Crippen MR) is 125 cm³/mol. The smallest absolute Gasteiger partial charge is 0.00565 e. The van der Waals surface area contributed by atoms with E-state index in [2.05, 4.69) is 60.6 Å². The highest BCUT2D eigenvalue weighted by Crippen LogP contribution is 2.74. The van der Waals surface area contributed by atoms with E-state index >= 15 is 0 Å². The maximum Gasteiger partial charge on any atom is -0.00565 e. The van der Waals surface area contributed by atoms with Crippen LogP contribution in [-0.4, -0.2) is 0 Å². The minimum absolute atomic E-state index is 0.427. The average Bonchev–Trinajstić information content (AvgIpc) is 2.63. The first-order valence-corrected chi connectivity index (χ1v) is 12.8. The van der Waals surface area contributed by atoms with Crippen LogP contribution >= 0.6 is 0 Å². The molecule has 0 aromatic carbocycles. The number of hydrogen-bond acceptors (Lipinski definition) is 0. The second-order valence-corrected chi connectivity index (χ2v) is 13.9. The molecule has 0 heteroatoms. The minimum atomic E-state index is 0.427. The van der Waals surface area contributed by atoms with Crippen LogP contribution in [0.3, 0.4) is 0 Å². The van der Waals surface area contributed by atoms with E-state index in [0.717, 1.165) is 17.8 Å². The van der Waals surface area contributed by atoms with Crippen LogP contribution in [0.1, 0.15) is 113 Å². The van der Waals surface area contributed by atoms with Gasteiger partial charge in [-0.3, -0.25) is 0 Å². The lowest BCUT2D eigenvalue weighted by molar-refractivity contribution is -0.142. The van der Waals surface area contributed by atoms with Crippen LogP contribution in [-0.2, 0) is 0 Å². The molecule has 0 aromatic rings. The van der Waals surface area contributed by atoms with E-state index in [9.17, 15) is 0 Å². The molecule has 0 spiro atoms. The maximum atomic E-state index is 2.83. The molecule has 5 aliphatic rings. The topological polar surface area (TPSA) is 0 Å². The van der Waals surface area contributed by atoms with Crippen LogP contribution in [0.15, 0.2) is 23.3 Å². The third kappa shape index (κ3) is 2.56. The van der Waals surface area contributed by atoms with Crippen molar-refractivity contribution in [3.8, 4) is 0 Å². The molecule has 5 rings (SSSR count). The SMILES string of the molecule is CC1=CCC[C@]2(C)[C@H]3CC=C4[C@@H]5CC(C)(C)CC[C@]5(C)CC[C@@]4(C)[C@]3(C)CC[C@@H]12. The Labute approximate surface area is 181 Å². The summed E-state index contributed by atoms with van der Waals surface area (Å²) in [6.07, 6.45) is 19.6. The van der Waals surface area contributed by atoms with Crippen molar-refractivity contribution < 1.29 is 0 Å². The summed E-state index contributed by atoms with van der Waals surface area (Å²) in [7, 11) is 0. The highest BCUT2D eigenvalue weighted by molar-refractivity contribution is 5.34. The Bertz CT molecular complexity index is 767. The van der Waals surface area contributed by atoms with Gasteiger partial charge in [0, 0.05) is 0 Å². The molecule has 0 heterocycles. The molecule has 162 valence electrons. The molecule has 0 bridgehead atoms. The number of rotatable bonds is 0. The van der Waals surface area contributed by atoms with Crippen molar-refractivity contribution in [3.63, 3.8) is 0 Å². The first-order valence-electron chi connectivity index (χ1n) is 12.8. The largest absolute Gasteiger partial charge is 0.0853 e. The lowest BCUT2D eigenvalue weighted by atomic mass is 9.35. The first kappa shape index (κ1) is 20.4. The monoisotopic (exact) mass is 394 g/mol. The van der Waals surface area contributed by atoms with Crippen molar-refractivity contribution in [2.45, 2.75) is 113 Å². The molecule has 5 aliphatic carbocycles. The fraction of sp³-hybridized carbons (Fsp3) is 0.862. The zero-order valence-electron chi connectivity index (χ0n) is 20.5. The van der Waals surface area contributed by atoms with E-state index < -0.39 is 0 Å². The summed E-state index contributed by atoms with van der Waals surface area (Å²) in [4.78, 5) is 0. The van der Waals surface area contributed by atoms with Crippen LogP contribution < -0.4 is 0 Å². The lowest BCUT2D eigenvalue weighted by Gasteiger charge is -2.69. The van der Waals surface area contributed by atoms with Crippen molar-refractivity contribution in [2.75, 3.05) is 0 Å². The standard InChI is InChI=1S/C29H46/c1-20-9-8-13-27(5)21(20)12-14-29(7)24(27)11-10-22-23-19-25(2,3)15-16-26(23,4)17-18-28(22,29)6/h9-10,21,23-24H,8,11-19H2,1-7H3/t21-,23-,24+,26+,27-,28+,29+/m0/s1. The molecule has 0 radical (unpaired) electrons. The van der Waals surface area contributed by atoms with Crippen LogP contribution in [0.25, 0.3) is 0 Å². The van der Waals surface area contributed by atoms with E-state index in [1.807, 2.05) is 5.57 Å². The van der Waals surface area contributed by atoms with Crippen LogP contribution in [0.2, 0.25) is 0 Å². The van der Waals surface area contributed by atoms with Crippen LogP contribution in [0, 0.1) is 44.8 Å². The van der Waals surface area contributed by atoms with Gasteiger partial charge in [0.15, 0.2) is 0 Å². The zero-order valence-corrected chi connectivity index (χ0v) is 20.5. The van der Waals surface area contributed by atoms with Gasteiger partial charge in [0.25, 0.3) is 0 Å². The molecule has 3 saturated carbocycles. The molecule has 0 aromatic heterocycles. The quantitative estimate of drug-likeness (QED) is 0.360. The van der Waals surface area contributed by atoms with E-state index in [4.69, 9.17) is 0 Å². The van der Waals surface area contributed by atoms with Gasteiger partial charge in [-0.15, -0.1) is 0 Å². The summed E-state index contributed by atoms with van der Waals surface area (Å²) in [5, 5.41) is 0. The molecule has 0 amide bonds. The summed E-state index contributed by atoms with van der Waals surface area (Å²) in [6.45, 7) is 18.3. The van der Waals surface area contributed by atoms with Gasteiger partial charge in [-0.05, 0) is 116 Å². The summed E-state index contributed by atoms with van der Waals surface area (Å²) in [5.41, 5.74) is 6.16. The van der Waals surface area contributed by atoms with Crippen molar-refractivity contribution in [3.05, 3.63) is 23.3 Å². The van der Waals surface area contributed by atoms with Crippen molar-refractivity contribution in [1.82, 2.24) is 0 Å². The van der Waals surface area contributed by atoms with Gasteiger partial charge in [-0.1, -0.05) is 64.8 Å². The summed E-state index contributed by atoms with van der Waals surface area (Å²) < 4.78 is 0. The predicted octanol–water partition coefficient (Wildman–Crippen LogP) is 8.73. The fourth-order valence-corrected chi connectivity index (χ4v) is 9.73. The Balaban J connectivity index is 1.58. The molecule has 0 aliphatic heterocycles. The Morgan fingerprint density at radius 1 is 0.793 bits per heavy atom. The highest BCUT2D eigenvalue weighted by atomic mass is 14.7. The molecular formula is C29H46. The van der Waals surface area contributed by atoms with E-state index in [-0.39, 0.29) is 0 Å². The fourth-order valence-electron chi connectivity index (χ4n) is 9.73. The third-order valence-corrected chi connectivity index (χ3v) is 12.0. The minimum Gasteiger partial charge on any atom is -0.0853 e. The van der Waals surface area contributed by atoms with Gasteiger partial charge in [-0.25, -0.2) is 0 Å². The summed E-state index contributed by atoms with van der Waals surface area (Å²) in [5.74, 6) is 2.55. The van der Waals surface area contributed by atoms with Gasteiger partial charge >= 0.3 is 0 Å². The highest BCUT2D eigenvalue weighted by Gasteiger charge is 2.65. The molecule has 0 N–H and O–H groups in total. The van der Waals surface area contributed by atoms with Gasteiger partial charge in [0.1, 0.15) is 0 Å². The molecule has 29 heavy (non-hydrogen) atoms. The second-order valence-electron chi connectivity index (χ2n) is 13.9. The number of hydrogen-bond donors (Lipinski definition) is 0. The Hall–Kier alpha value is -0.520. The Morgan fingerprint density at radius 3 is 2.28 bits per heavy atom. The van der Waals surface area contributed by atoms with E-state index in [1.54, 1.807) is 5.57 Å². The second kappa shape index (κ2) is 6.04. The van der Waals surface area contributed by atoms with Crippen molar-refractivity contribution in [2.24, 2.45) is 44.8 Å². The Morgan fingerprint density at radius 2 is 1.52 bits per heavy atom. The molecule has 7 atom stereocenters.